The predicted molar refractivity (Wildman–Crippen MR) is 94.0 cm³/mol. The fourth-order valence-electron chi connectivity index (χ4n) is 2.11. The molecule has 1 aromatic heterocycles. The second-order valence-electron chi connectivity index (χ2n) is 7.55. The van der Waals surface area contributed by atoms with Gasteiger partial charge in [0.15, 0.2) is 0 Å². The van der Waals surface area contributed by atoms with Crippen LogP contribution in [0, 0.1) is 5.41 Å². The molecule has 1 atom stereocenters. The Hall–Kier alpha value is -1.57. The molecule has 0 radical (unpaired) electrons. The lowest BCUT2D eigenvalue weighted by molar-refractivity contribution is 0.0502. The van der Waals surface area contributed by atoms with Crippen molar-refractivity contribution in [2.24, 2.45) is 5.41 Å². The summed E-state index contributed by atoms with van der Waals surface area (Å²) in [5.74, 6) is -0.486. The molecule has 7 nitrogen and oxygen atoms in total. The topological polar surface area (TPSA) is 82.5 Å². The van der Waals surface area contributed by atoms with Gasteiger partial charge in [-0.1, -0.05) is 20.8 Å². The van der Waals surface area contributed by atoms with Crippen LogP contribution in [-0.4, -0.2) is 41.1 Å². The smallest absolute Gasteiger partial charge is 0.407 e. The van der Waals surface area contributed by atoms with E-state index in [0.717, 1.165) is 0 Å². The van der Waals surface area contributed by atoms with Crippen molar-refractivity contribution in [3.8, 4) is 0 Å². The zero-order valence-corrected chi connectivity index (χ0v) is 16.9. The molecule has 0 saturated heterocycles. The largest absolute Gasteiger partial charge is 0.464 e. The highest BCUT2D eigenvalue weighted by molar-refractivity contribution is 9.10. The molecule has 0 bridgehead atoms. The molecular formula is C16H26BrN3O4. The summed E-state index contributed by atoms with van der Waals surface area (Å²) in [5, 5.41) is 7.09. The van der Waals surface area contributed by atoms with Crippen LogP contribution in [0.25, 0.3) is 0 Å². The molecule has 0 aliphatic heterocycles. The van der Waals surface area contributed by atoms with E-state index in [1.807, 2.05) is 20.8 Å². The second-order valence-corrected chi connectivity index (χ2v) is 8.37. The SMILES string of the molecule is COC(=O)c1cc(Br)nn1C(CNC(=O)OC(C)(C)C)C(C)(C)C. The average molecular weight is 404 g/mol. The number of esters is 1. The van der Waals surface area contributed by atoms with Crippen molar-refractivity contribution in [3.05, 3.63) is 16.4 Å². The first-order valence-corrected chi connectivity index (χ1v) is 8.44. The number of methoxy groups -OCH3 is 1. The Morgan fingerprint density at radius 1 is 1.29 bits per heavy atom. The number of alkyl carbamates (subject to hydrolysis) is 1. The van der Waals surface area contributed by atoms with E-state index in [0.29, 0.717) is 10.3 Å². The third-order valence-electron chi connectivity index (χ3n) is 3.23. The highest BCUT2D eigenvalue weighted by Gasteiger charge is 2.32. The fraction of sp³-hybridized carbons (Fsp3) is 0.688. The number of hydrogen-bond acceptors (Lipinski definition) is 5. The minimum atomic E-state index is -0.576. The summed E-state index contributed by atoms with van der Waals surface area (Å²) in [4.78, 5) is 23.9. The van der Waals surface area contributed by atoms with Crippen LogP contribution >= 0.6 is 15.9 Å². The number of halogens is 1. The molecule has 1 aromatic rings. The summed E-state index contributed by atoms with van der Waals surface area (Å²) in [6, 6.07) is 1.32. The van der Waals surface area contributed by atoms with Gasteiger partial charge in [0.2, 0.25) is 0 Å². The van der Waals surface area contributed by atoms with Crippen LogP contribution in [0.4, 0.5) is 4.79 Å². The van der Waals surface area contributed by atoms with Crippen molar-refractivity contribution in [2.45, 2.75) is 53.2 Å². The molecule has 0 saturated carbocycles. The van der Waals surface area contributed by atoms with E-state index in [4.69, 9.17) is 9.47 Å². The lowest BCUT2D eigenvalue weighted by Gasteiger charge is -2.32. The summed E-state index contributed by atoms with van der Waals surface area (Å²) in [5.41, 5.74) is -0.536. The van der Waals surface area contributed by atoms with Crippen LogP contribution in [0.3, 0.4) is 0 Å². The highest BCUT2D eigenvalue weighted by atomic mass is 79.9. The first-order chi connectivity index (χ1) is 10.8. The van der Waals surface area contributed by atoms with Gasteiger partial charge in [0.1, 0.15) is 15.9 Å². The Morgan fingerprint density at radius 3 is 2.33 bits per heavy atom. The zero-order valence-electron chi connectivity index (χ0n) is 15.3. The van der Waals surface area contributed by atoms with Gasteiger partial charge < -0.3 is 14.8 Å². The third-order valence-corrected chi connectivity index (χ3v) is 3.62. The fourth-order valence-corrected chi connectivity index (χ4v) is 2.50. The summed E-state index contributed by atoms with van der Waals surface area (Å²) >= 11 is 3.28. The van der Waals surface area contributed by atoms with Gasteiger partial charge in [0, 0.05) is 12.6 Å². The second kappa shape index (κ2) is 7.55. The summed E-state index contributed by atoms with van der Waals surface area (Å²) in [6.07, 6.45) is -0.511. The molecule has 0 aromatic carbocycles. The first-order valence-electron chi connectivity index (χ1n) is 7.65. The van der Waals surface area contributed by atoms with E-state index in [-0.39, 0.29) is 18.0 Å². The Bertz CT molecular complexity index is 599. The van der Waals surface area contributed by atoms with E-state index in [9.17, 15) is 9.59 Å². The number of nitrogens with one attached hydrogen (secondary N) is 1. The van der Waals surface area contributed by atoms with Gasteiger partial charge in [-0.05, 0) is 42.1 Å². The number of amides is 1. The zero-order chi connectivity index (χ0) is 18.7. The molecule has 0 aliphatic rings. The van der Waals surface area contributed by atoms with Crippen LogP contribution < -0.4 is 5.32 Å². The molecule has 1 rings (SSSR count). The van der Waals surface area contributed by atoms with Crippen molar-refractivity contribution in [3.63, 3.8) is 0 Å². The average Bonchev–Trinajstić information content (AvgIpc) is 2.76. The third kappa shape index (κ3) is 5.81. The van der Waals surface area contributed by atoms with Gasteiger partial charge in [0.05, 0.1) is 13.2 Å². The lowest BCUT2D eigenvalue weighted by Crippen LogP contribution is -2.40. The number of aromatic nitrogens is 2. The van der Waals surface area contributed by atoms with E-state index in [2.05, 4.69) is 26.3 Å². The Kier molecular flexibility index (Phi) is 6.44. The van der Waals surface area contributed by atoms with Crippen molar-refractivity contribution in [1.82, 2.24) is 15.1 Å². The quantitative estimate of drug-likeness (QED) is 0.777. The number of rotatable bonds is 4. The number of nitrogens with zero attached hydrogens (tertiary/aromatic N) is 2. The van der Waals surface area contributed by atoms with Gasteiger partial charge in [-0.2, -0.15) is 5.10 Å². The molecule has 0 fully saturated rings. The number of carbonyl (C=O) groups excluding carboxylic acids is 2. The van der Waals surface area contributed by atoms with Crippen molar-refractivity contribution < 1.29 is 19.1 Å². The van der Waals surface area contributed by atoms with Crippen LogP contribution in [0.5, 0.6) is 0 Å². The molecule has 24 heavy (non-hydrogen) atoms. The van der Waals surface area contributed by atoms with E-state index < -0.39 is 17.7 Å². The summed E-state index contributed by atoms with van der Waals surface area (Å²) in [7, 11) is 1.32. The molecule has 136 valence electrons. The number of carbonyl (C=O) groups is 2. The van der Waals surface area contributed by atoms with E-state index in [1.54, 1.807) is 31.5 Å². The lowest BCUT2D eigenvalue weighted by atomic mass is 9.86. The normalized spacial score (nSPS) is 13.3. The van der Waals surface area contributed by atoms with Crippen LogP contribution in [0.1, 0.15) is 58.1 Å². The van der Waals surface area contributed by atoms with Crippen molar-refractivity contribution in [1.29, 1.82) is 0 Å². The molecule has 0 aliphatic carbocycles. The Labute approximate surface area is 151 Å². The van der Waals surface area contributed by atoms with Crippen LogP contribution in [-0.2, 0) is 9.47 Å². The maximum absolute atomic E-state index is 12.0. The molecule has 0 spiro atoms. The first kappa shape index (κ1) is 20.5. The van der Waals surface area contributed by atoms with Crippen LogP contribution in [0.15, 0.2) is 10.7 Å². The maximum atomic E-state index is 12.0. The van der Waals surface area contributed by atoms with E-state index >= 15 is 0 Å². The number of ether oxygens (including phenoxy) is 2. The Balaban J connectivity index is 3.04. The molecule has 1 N–H and O–H groups in total. The molecule has 1 amide bonds. The predicted octanol–water partition coefficient (Wildman–Crippen LogP) is 3.54. The standard InChI is InChI=1S/C16H26BrN3O4/c1-15(2,3)11(9-18-14(22)24-16(4,5)6)20-10(13(21)23-7)8-12(17)19-20/h8,11H,9H2,1-7H3,(H,18,22). The summed E-state index contributed by atoms with van der Waals surface area (Å²) < 4.78 is 12.2. The molecule has 1 unspecified atom stereocenters. The monoisotopic (exact) mass is 403 g/mol. The maximum Gasteiger partial charge on any atom is 0.407 e. The minimum absolute atomic E-state index is 0.260. The van der Waals surface area contributed by atoms with Gasteiger partial charge >= 0.3 is 12.1 Å². The van der Waals surface area contributed by atoms with Gasteiger partial charge in [-0.3, -0.25) is 4.68 Å². The van der Waals surface area contributed by atoms with E-state index in [1.165, 1.54) is 7.11 Å². The van der Waals surface area contributed by atoms with Crippen molar-refractivity contribution in [2.75, 3.05) is 13.7 Å². The highest BCUT2D eigenvalue weighted by Crippen LogP contribution is 2.32. The van der Waals surface area contributed by atoms with Crippen molar-refractivity contribution >= 4 is 28.0 Å². The molecular weight excluding hydrogens is 378 g/mol. The minimum Gasteiger partial charge on any atom is -0.464 e. The van der Waals surface area contributed by atoms with Gasteiger partial charge in [-0.25, -0.2) is 9.59 Å². The van der Waals surface area contributed by atoms with Crippen LogP contribution in [0.2, 0.25) is 0 Å². The molecule has 8 heteroatoms. The molecule has 1 heterocycles. The summed E-state index contributed by atoms with van der Waals surface area (Å²) in [6.45, 7) is 11.7. The van der Waals surface area contributed by atoms with Gasteiger partial charge in [-0.15, -0.1) is 0 Å². The Morgan fingerprint density at radius 2 is 1.88 bits per heavy atom. The number of hydrogen-bond donors (Lipinski definition) is 1. The van der Waals surface area contributed by atoms with Gasteiger partial charge in [0.25, 0.3) is 0 Å².